The fourth-order valence-electron chi connectivity index (χ4n) is 2.82. The van der Waals surface area contributed by atoms with Crippen LogP contribution >= 0.6 is 0 Å². The number of nitrogens with zero attached hydrogens (tertiary/aromatic N) is 1. The smallest absolute Gasteiger partial charge is 0.224 e. The highest BCUT2D eigenvalue weighted by molar-refractivity contribution is 7.90. The molecular formula is C21H14F3NO2S. The number of rotatable bonds is 3. The Morgan fingerprint density at radius 1 is 0.821 bits per heavy atom. The van der Waals surface area contributed by atoms with E-state index in [-0.39, 0.29) is 4.90 Å². The third kappa shape index (κ3) is 4.07. The Balaban J connectivity index is 2.19. The summed E-state index contributed by atoms with van der Waals surface area (Å²) in [6.45, 7) is 0. The summed E-state index contributed by atoms with van der Waals surface area (Å²) in [6.07, 6.45) is -3.45. The van der Waals surface area contributed by atoms with E-state index in [0.29, 0.717) is 27.8 Å². The summed E-state index contributed by atoms with van der Waals surface area (Å²) < 4.78 is 62.9. The van der Waals surface area contributed by atoms with Crippen LogP contribution in [0.15, 0.2) is 71.6 Å². The lowest BCUT2D eigenvalue weighted by atomic mass is 9.92. The summed E-state index contributed by atoms with van der Waals surface area (Å²) in [5.74, 6) is 0. The molecule has 0 aromatic heterocycles. The lowest BCUT2D eigenvalue weighted by Gasteiger charge is -2.15. The average Bonchev–Trinajstić information content (AvgIpc) is 2.66. The van der Waals surface area contributed by atoms with E-state index in [1.54, 1.807) is 24.3 Å². The largest absolute Gasteiger partial charge is 0.416 e. The van der Waals surface area contributed by atoms with Gasteiger partial charge < -0.3 is 0 Å². The number of benzene rings is 3. The van der Waals surface area contributed by atoms with Crippen LogP contribution < -0.4 is 0 Å². The molecule has 0 atom stereocenters. The molecular weight excluding hydrogens is 387 g/mol. The van der Waals surface area contributed by atoms with Crippen LogP contribution in [0.2, 0.25) is 0 Å². The lowest BCUT2D eigenvalue weighted by Crippen LogP contribution is -2.05. The molecule has 3 nitrogen and oxygen atoms in total. The van der Waals surface area contributed by atoms with E-state index in [0.717, 1.165) is 18.4 Å². The Kier molecular flexibility index (Phi) is 5.01. The van der Waals surface area contributed by atoms with Crippen LogP contribution in [0.3, 0.4) is 0 Å². The normalized spacial score (nSPS) is 11.8. The molecule has 0 saturated carbocycles. The van der Waals surface area contributed by atoms with E-state index in [9.17, 15) is 21.6 Å². The molecule has 7 heteroatoms. The Bertz CT molecular complexity index is 1160. The van der Waals surface area contributed by atoms with Crippen LogP contribution in [0.25, 0.3) is 22.3 Å². The minimum Gasteiger partial charge on any atom is -0.224 e. The molecule has 0 spiro atoms. The Hall–Kier alpha value is -3.11. The van der Waals surface area contributed by atoms with Gasteiger partial charge >= 0.3 is 6.18 Å². The molecule has 0 radical (unpaired) electrons. The third-order valence-corrected chi connectivity index (χ3v) is 5.39. The minimum absolute atomic E-state index is 0.0862. The van der Waals surface area contributed by atoms with Crippen molar-refractivity contribution < 1.29 is 21.6 Å². The molecule has 142 valence electrons. The van der Waals surface area contributed by atoms with Crippen molar-refractivity contribution in [2.75, 3.05) is 6.26 Å². The van der Waals surface area contributed by atoms with Gasteiger partial charge in [0.05, 0.1) is 22.1 Å². The van der Waals surface area contributed by atoms with E-state index in [1.165, 1.54) is 30.3 Å². The van der Waals surface area contributed by atoms with Crippen LogP contribution in [-0.2, 0) is 16.0 Å². The first-order valence-electron chi connectivity index (χ1n) is 8.12. The van der Waals surface area contributed by atoms with Crippen LogP contribution in [0, 0.1) is 11.3 Å². The van der Waals surface area contributed by atoms with Gasteiger partial charge in [-0.3, -0.25) is 0 Å². The van der Waals surface area contributed by atoms with Crippen molar-refractivity contribution in [3.05, 3.63) is 77.9 Å². The predicted octanol–water partition coefficient (Wildman–Crippen LogP) is 5.31. The summed E-state index contributed by atoms with van der Waals surface area (Å²) in [7, 11) is -3.41. The molecule has 0 aliphatic carbocycles. The Labute approximate surface area is 160 Å². The summed E-state index contributed by atoms with van der Waals surface area (Å²) in [5.41, 5.74) is 1.61. The molecule has 0 amide bonds. The first-order chi connectivity index (χ1) is 13.1. The van der Waals surface area contributed by atoms with Gasteiger partial charge in [-0.15, -0.1) is 0 Å². The second-order valence-electron chi connectivity index (χ2n) is 6.24. The summed E-state index contributed by atoms with van der Waals surface area (Å²) in [4.78, 5) is 0.0862. The Morgan fingerprint density at radius 2 is 1.36 bits per heavy atom. The topological polar surface area (TPSA) is 57.9 Å². The number of hydrogen-bond acceptors (Lipinski definition) is 3. The van der Waals surface area contributed by atoms with Gasteiger partial charge in [0, 0.05) is 6.26 Å². The van der Waals surface area contributed by atoms with Crippen molar-refractivity contribution in [3.8, 4) is 28.3 Å². The molecule has 0 fully saturated rings. The van der Waals surface area contributed by atoms with E-state index in [4.69, 9.17) is 5.26 Å². The monoisotopic (exact) mass is 401 g/mol. The standard InChI is InChI=1S/C21H14F3NO2S/c1-28(26,27)18-9-6-16(7-10-18)20-12-17(21(22,23)24)8-11-19(20)15-4-2-14(13-25)3-5-15/h2-12H,1H3. The van der Waals surface area contributed by atoms with Crippen molar-refractivity contribution in [3.63, 3.8) is 0 Å². The molecule has 28 heavy (non-hydrogen) atoms. The highest BCUT2D eigenvalue weighted by Gasteiger charge is 2.31. The lowest BCUT2D eigenvalue weighted by molar-refractivity contribution is -0.137. The SMILES string of the molecule is CS(=O)(=O)c1ccc(-c2cc(C(F)(F)F)ccc2-c2ccc(C#N)cc2)cc1. The van der Waals surface area contributed by atoms with Crippen molar-refractivity contribution in [2.24, 2.45) is 0 Å². The zero-order chi connectivity index (χ0) is 20.5. The second kappa shape index (κ2) is 7.13. The highest BCUT2D eigenvalue weighted by Crippen LogP contribution is 2.38. The molecule has 0 aliphatic rings. The van der Waals surface area contributed by atoms with Crippen LogP contribution in [0.4, 0.5) is 13.2 Å². The molecule has 0 bridgehead atoms. The Morgan fingerprint density at radius 3 is 1.86 bits per heavy atom. The van der Waals surface area contributed by atoms with Gasteiger partial charge in [-0.2, -0.15) is 18.4 Å². The fraction of sp³-hybridized carbons (Fsp3) is 0.0952. The minimum atomic E-state index is -4.51. The van der Waals surface area contributed by atoms with Gasteiger partial charge in [0.2, 0.25) is 0 Å². The van der Waals surface area contributed by atoms with Gasteiger partial charge in [0.25, 0.3) is 0 Å². The van der Waals surface area contributed by atoms with Gasteiger partial charge in [-0.25, -0.2) is 8.42 Å². The molecule has 3 aromatic rings. The first-order valence-corrected chi connectivity index (χ1v) is 10.0. The van der Waals surface area contributed by atoms with Crippen molar-refractivity contribution >= 4 is 9.84 Å². The van der Waals surface area contributed by atoms with E-state index >= 15 is 0 Å². The van der Waals surface area contributed by atoms with E-state index < -0.39 is 21.6 Å². The predicted molar refractivity (Wildman–Crippen MR) is 100 cm³/mol. The highest BCUT2D eigenvalue weighted by atomic mass is 32.2. The van der Waals surface area contributed by atoms with Gasteiger partial charge in [0.1, 0.15) is 0 Å². The average molecular weight is 401 g/mol. The number of hydrogen-bond donors (Lipinski definition) is 0. The molecule has 0 aliphatic heterocycles. The number of nitriles is 1. The number of alkyl halides is 3. The molecule has 0 saturated heterocycles. The third-order valence-electron chi connectivity index (χ3n) is 4.27. The summed E-state index contributed by atoms with van der Waals surface area (Å²) in [5, 5.41) is 8.93. The maximum absolute atomic E-state index is 13.2. The maximum atomic E-state index is 13.2. The van der Waals surface area contributed by atoms with Crippen LogP contribution in [0.5, 0.6) is 0 Å². The van der Waals surface area contributed by atoms with Crippen molar-refractivity contribution in [1.82, 2.24) is 0 Å². The molecule has 0 unspecified atom stereocenters. The van der Waals surface area contributed by atoms with E-state index in [2.05, 4.69) is 0 Å². The van der Waals surface area contributed by atoms with Crippen molar-refractivity contribution in [2.45, 2.75) is 11.1 Å². The molecule has 0 N–H and O–H groups in total. The maximum Gasteiger partial charge on any atom is 0.416 e. The number of sulfone groups is 1. The summed E-state index contributed by atoms with van der Waals surface area (Å²) >= 11 is 0. The fourth-order valence-corrected chi connectivity index (χ4v) is 3.45. The summed E-state index contributed by atoms with van der Waals surface area (Å²) in [6, 6.07) is 17.6. The second-order valence-corrected chi connectivity index (χ2v) is 8.26. The van der Waals surface area contributed by atoms with Crippen LogP contribution in [0.1, 0.15) is 11.1 Å². The van der Waals surface area contributed by atoms with Gasteiger partial charge in [-0.05, 0) is 58.7 Å². The zero-order valence-corrected chi connectivity index (χ0v) is 15.5. The zero-order valence-electron chi connectivity index (χ0n) is 14.7. The molecule has 0 heterocycles. The van der Waals surface area contributed by atoms with Crippen LogP contribution in [-0.4, -0.2) is 14.7 Å². The first kappa shape index (κ1) is 19.6. The van der Waals surface area contributed by atoms with Crippen molar-refractivity contribution in [1.29, 1.82) is 5.26 Å². The quantitative estimate of drug-likeness (QED) is 0.597. The van der Waals surface area contributed by atoms with Gasteiger partial charge in [0.15, 0.2) is 9.84 Å². The molecule has 3 rings (SSSR count). The number of halogens is 3. The van der Waals surface area contributed by atoms with Gasteiger partial charge in [-0.1, -0.05) is 30.3 Å². The van der Waals surface area contributed by atoms with E-state index in [1.807, 2.05) is 6.07 Å². The molecule has 3 aromatic carbocycles.